The standard InChI is InChI=1S/C10H18ClN5O/c1-3-4-12-9-14-8(11)15-10(16-9)13-5-7(2)6-17/h7,17H,3-6H2,1-2H3,(H2,12,13,14,15,16). The fraction of sp³-hybridized carbons (Fsp3) is 0.700. The average Bonchev–Trinajstić information content (AvgIpc) is 2.32. The molecule has 1 aromatic rings. The van der Waals surface area contributed by atoms with Crippen molar-refractivity contribution < 1.29 is 5.11 Å². The number of nitrogens with zero attached hydrogens (tertiary/aromatic N) is 3. The van der Waals surface area contributed by atoms with Crippen LogP contribution in [0.25, 0.3) is 0 Å². The summed E-state index contributed by atoms with van der Waals surface area (Å²) in [4.78, 5) is 12.1. The summed E-state index contributed by atoms with van der Waals surface area (Å²) in [6, 6.07) is 0. The van der Waals surface area contributed by atoms with E-state index in [0.29, 0.717) is 18.4 Å². The lowest BCUT2D eigenvalue weighted by Crippen LogP contribution is -2.17. The van der Waals surface area contributed by atoms with E-state index in [9.17, 15) is 0 Å². The van der Waals surface area contributed by atoms with E-state index >= 15 is 0 Å². The highest BCUT2D eigenvalue weighted by molar-refractivity contribution is 6.28. The Morgan fingerprint density at radius 2 is 1.88 bits per heavy atom. The summed E-state index contributed by atoms with van der Waals surface area (Å²) in [7, 11) is 0. The van der Waals surface area contributed by atoms with Crippen LogP contribution in [0.5, 0.6) is 0 Å². The first-order valence-corrected chi connectivity index (χ1v) is 6.03. The van der Waals surface area contributed by atoms with Crippen molar-refractivity contribution in [1.29, 1.82) is 0 Å². The van der Waals surface area contributed by atoms with Crippen LogP contribution < -0.4 is 10.6 Å². The molecular weight excluding hydrogens is 242 g/mol. The third kappa shape index (κ3) is 5.14. The highest BCUT2D eigenvalue weighted by Gasteiger charge is 2.05. The van der Waals surface area contributed by atoms with Crippen molar-refractivity contribution in [2.24, 2.45) is 5.92 Å². The van der Waals surface area contributed by atoms with E-state index < -0.39 is 0 Å². The maximum atomic E-state index is 8.91. The second-order valence-electron chi connectivity index (χ2n) is 3.85. The molecule has 6 nitrogen and oxygen atoms in total. The van der Waals surface area contributed by atoms with Crippen LogP contribution in [0.2, 0.25) is 5.28 Å². The van der Waals surface area contributed by atoms with Gasteiger partial charge < -0.3 is 15.7 Å². The molecule has 96 valence electrons. The van der Waals surface area contributed by atoms with Gasteiger partial charge >= 0.3 is 0 Å². The van der Waals surface area contributed by atoms with E-state index in [1.54, 1.807) is 0 Å². The highest BCUT2D eigenvalue weighted by atomic mass is 35.5. The Kier molecular flexibility index (Phi) is 5.93. The van der Waals surface area contributed by atoms with Gasteiger partial charge in [-0.3, -0.25) is 0 Å². The lowest BCUT2D eigenvalue weighted by molar-refractivity contribution is 0.244. The number of anilines is 2. The smallest absolute Gasteiger partial charge is 0.228 e. The van der Waals surface area contributed by atoms with Crippen molar-refractivity contribution in [2.75, 3.05) is 30.3 Å². The van der Waals surface area contributed by atoms with Crippen LogP contribution in [0.4, 0.5) is 11.9 Å². The molecule has 0 amide bonds. The van der Waals surface area contributed by atoms with E-state index in [2.05, 4.69) is 32.5 Å². The van der Waals surface area contributed by atoms with E-state index in [-0.39, 0.29) is 17.8 Å². The Bertz CT molecular complexity index is 349. The summed E-state index contributed by atoms with van der Waals surface area (Å²) in [5.41, 5.74) is 0. The molecule has 1 heterocycles. The van der Waals surface area contributed by atoms with Gasteiger partial charge in [-0.05, 0) is 23.9 Å². The first-order valence-electron chi connectivity index (χ1n) is 5.65. The molecule has 0 spiro atoms. The fourth-order valence-corrected chi connectivity index (χ4v) is 1.24. The quantitative estimate of drug-likeness (QED) is 0.686. The third-order valence-corrected chi connectivity index (χ3v) is 2.23. The zero-order valence-corrected chi connectivity index (χ0v) is 10.8. The number of hydrogen-bond acceptors (Lipinski definition) is 6. The van der Waals surface area contributed by atoms with Crippen molar-refractivity contribution in [3.63, 3.8) is 0 Å². The summed E-state index contributed by atoms with van der Waals surface area (Å²) in [6.07, 6.45) is 0.980. The summed E-state index contributed by atoms with van der Waals surface area (Å²) in [6.45, 7) is 5.47. The lowest BCUT2D eigenvalue weighted by atomic mass is 10.2. The van der Waals surface area contributed by atoms with E-state index in [1.165, 1.54) is 0 Å². The molecule has 0 fully saturated rings. The SMILES string of the molecule is CCCNc1nc(Cl)nc(NCC(C)CO)n1. The van der Waals surface area contributed by atoms with Crippen molar-refractivity contribution in [3.8, 4) is 0 Å². The second kappa shape index (κ2) is 7.24. The van der Waals surface area contributed by atoms with Gasteiger partial charge in [-0.15, -0.1) is 0 Å². The third-order valence-electron chi connectivity index (χ3n) is 2.06. The van der Waals surface area contributed by atoms with Crippen molar-refractivity contribution in [3.05, 3.63) is 5.28 Å². The van der Waals surface area contributed by atoms with Gasteiger partial charge in [0.2, 0.25) is 17.2 Å². The van der Waals surface area contributed by atoms with Gasteiger partial charge in [0.15, 0.2) is 0 Å². The van der Waals surface area contributed by atoms with Crippen LogP contribution in [0.15, 0.2) is 0 Å². The molecule has 0 saturated heterocycles. The molecule has 1 rings (SSSR count). The predicted octanol–water partition coefficient (Wildman–Crippen LogP) is 1.39. The normalized spacial score (nSPS) is 12.2. The lowest BCUT2D eigenvalue weighted by Gasteiger charge is -2.10. The average molecular weight is 260 g/mol. The summed E-state index contributed by atoms with van der Waals surface area (Å²) >= 11 is 5.79. The molecule has 0 aliphatic rings. The molecule has 7 heteroatoms. The molecule has 1 atom stereocenters. The van der Waals surface area contributed by atoms with Crippen LogP contribution in [0.3, 0.4) is 0 Å². The fourth-order valence-electron chi connectivity index (χ4n) is 1.08. The molecule has 0 bridgehead atoms. The molecule has 0 aliphatic carbocycles. The van der Waals surface area contributed by atoms with Gasteiger partial charge in [0.1, 0.15) is 0 Å². The molecular formula is C10H18ClN5O. The highest BCUT2D eigenvalue weighted by Crippen LogP contribution is 2.09. The number of rotatable bonds is 7. The van der Waals surface area contributed by atoms with Crippen LogP contribution in [-0.2, 0) is 0 Å². The van der Waals surface area contributed by atoms with Gasteiger partial charge in [-0.1, -0.05) is 13.8 Å². The number of aliphatic hydroxyl groups excluding tert-OH is 1. The molecule has 1 aromatic heterocycles. The first-order chi connectivity index (χ1) is 8.15. The molecule has 0 aliphatic heterocycles. The van der Waals surface area contributed by atoms with Gasteiger partial charge in [0.25, 0.3) is 0 Å². The molecule has 1 unspecified atom stereocenters. The van der Waals surface area contributed by atoms with Crippen LogP contribution >= 0.6 is 11.6 Å². The topological polar surface area (TPSA) is 83.0 Å². The van der Waals surface area contributed by atoms with Gasteiger partial charge in [-0.25, -0.2) is 0 Å². The minimum Gasteiger partial charge on any atom is -0.396 e. The summed E-state index contributed by atoms with van der Waals surface area (Å²) < 4.78 is 0. The van der Waals surface area contributed by atoms with Gasteiger partial charge in [0.05, 0.1) is 0 Å². The number of aromatic nitrogens is 3. The number of aliphatic hydroxyl groups is 1. The molecule has 3 N–H and O–H groups in total. The number of nitrogens with one attached hydrogen (secondary N) is 2. The maximum absolute atomic E-state index is 8.91. The summed E-state index contributed by atoms with van der Waals surface area (Å²) in [5, 5.41) is 15.1. The Morgan fingerprint density at radius 3 is 2.47 bits per heavy atom. The Labute approximate surface area is 106 Å². The Morgan fingerprint density at radius 1 is 1.24 bits per heavy atom. The first kappa shape index (κ1) is 13.9. The maximum Gasteiger partial charge on any atom is 0.228 e. The van der Waals surface area contributed by atoms with E-state index in [0.717, 1.165) is 13.0 Å². The minimum absolute atomic E-state index is 0.118. The number of hydrogen-bond donors (Lipinski definition) is 3. The van der Waals surface area contributed by atoms with Crippen LogP contribution in [-0.4, -0.2) is 39.8 Å². The van der Waals surface area contributed by atoms with Crippen LogP contribution in [0, 0.1) is 5.92 Å². The Balaban J connectivity index is 2.61. The second-order valence-corrected chi connectivity index (χ2v) is 4.19. The monoisotopic (exact) mass is 259 g/mol. The minimum atomic E-state index is 0.118. The molecule has 0 saturated carbocycles. The molecule has 0 aromatic carbocycles. The zero-order chi connectivity index (χ0) is 12.7. The largest absolute Gasteiger partial charge is 0.396 e. The van der Waals surface area contributed by atoms with Gasteiger partial charge in [-0.2, -0.15) is 15.0 Å². The van der Waals surface area contributed by atoms with Gasteiger partial charge in [0, 0.05) is 19.7 Å². The van der Waals surface area contributed by atoms with Crippen LogP contribution in [0.1, 0.15) is 20.3 Å². The van der Waals surface area contributed by atoms with Crippen molar-refractivity contribution in [1.82, 2.24) is 15.0 Å². The Hall–Kier alpha value is -1.14. The summed E-state index contributed by atoms with van der Waals surface area (Å²) in [5.74, 6) is 1.02. The molecule has 0 radical (unpaired) electrons. The molecule has 17 heavy (non-hydrogen) atoms. The van der Waals surface area contributed by atoms with E-state index in [4.69, 9.17) is 16.7 Å². The zero-order valence-electron chi connectivity index (χ0n) is 10.1. The number of halogens is 1. The van der Waals surface area contributed by atoms with Crippen molar-refractivity contribution >= 4 is 23.5 Å². The van der Waals surface area contributed by atoms with Crippen molar-refractivity contribution in [2.45, 2.75) is 20.3 Å². The van der Waals surface area contributed by atoms with E-state index in [1.807, 2.05) is 6.92 Å². The predicted molar refractivity (Wildman–Crippen MR) is 68.4 cm³/mol.